The van der Waals surface area contributed by atoms with Gasteiger partial charge in [-0.2, -0.15) is 0 Å². The number of carbonyl (C=O) groups is 1. The average molecular weight is 307 g/mol. The third kappa shape index (κ3) is 2.81. The van der Waals surface area contributed by atoms with Gasteiger partial charge < -0.3 is 16.2 Å². The minimum atomic E-state index is -0.518. The van der Waals surface area contributed by atoms with Gasteiger partial charge in [0.1, 0.15) is 5.75 Å². The summed E-state index contributed by atoms with van der Waals surface area (Å²) in [7, 11) is 0. The van der Waals surface area contributed by atoms with Crippen molar-refractivity contribution in [3.05, 3.63) is 52.5 Å². The molecule has 0 aromatic heterocycles. The maximum atomic E-state index is 11.1. The van der Waals surface area contributed by atoms with Crippen LogP contribution in [0.25, 0.3) is 0 Å². The third-order valence-electron chi connectivity index (χ3n) is 2.34. The van der Waals surface area contributed by atoms with Gasteiger partial charge in [-0.1, -0.05) is 15.9 Å². The number of primary amides is 1. The van der Waals surface area contributed by atoms with Gasteiger partial charge in [-0.15, -0.1) is 0 Å². The molecule has 0 saturated carbocycles. The smallest absolute Gasteiger partial charge is 0.248 e. The summed E-state index contributed by atoms with van der Waals surface area (Å²) in [6.07, 6.45) is 0. The molecule has 0 aliphatic rings. The highest BCUT2D eigenvalue weighted by Crippen LogP contribution is 2.29. The molecular weight excluding hydrogens is 296 g/mol. The minimum absolute atomic E-state index is 0.358. The summed E-state index contributed by atoms with van der Waals surface area (Å²) in [5.74, 6) is 0.524. The van der Waals surface area contributed by atoms with Gasteiger partial charge in [0.15, 0.2) is 5.75 Å². The molecule has 0 aliphatic heterocycles. The van der Waals surface area contributed by atoms with Gasteiger partial charge in [0.2, 0.25) is 5.91 Å². The Morgan fingerprint density at radius 2 is 1.78 bits per heavy atom. The quantitative estimate of drug-likeness (QED) is 0.856. The van der Waals surface area contributed by atoms with Crippen molar-refractivity contribution in [1.82, 2.24) is 0 Å². The average Bonchev–Trinajstić information content (AvgIpc) is 2.34. The molecule has 5 heteroatoms. The Morgan fingerprint density at radius 1 is 1.11 bits per heavy atom. The second kappa shape index (κ2) is 5.10. The summed E-state index contributed by atoms with van der Waals surface area (Å²) in [5.41, 5.74) is 11.8. The zero-order valence-corrected chi connectivity index (χ0v) is 11.0. The highest BCUT2D eigenvalue weighted by Gasteiger charge is 2.07. The first kappa shape index (κ1) is 12.4. The van der Waals surface area contributed by atoms with E-state index in [-0.39, 0.29) is 0 Å². The summed E-state index contributed by atoms with van der Waals surface area (Å²) >= 11 is 3.33. The molecule has 0 bridgehead atoms. The van der Waals surface area contributed by atoms with Crippen LogP contribution in [-0.4, -0.2) is 5.91 Å². The molecule has 2 aromatic carbocycles. The first-order valence-electron chi connectivity index (χ1n) is 5.19. The van der Waals surface area contributed by atoms with Crippen LogP contribution >= 0.6 is 15.9 Å². The van der Waals surface area contributed by atoms with Gasteiger partial charge in [-0.05, 0) is 42.5 Å². The van der Waals surface area contributed by atoms with E-state index < -0.39 is 5.91 Å². The Balaban J connectivity index is 2.30. The monoisotopic (exact) mass is 306 g/mol. The van der Waals surface area contributed by atoms with E-state index in [4.69, 9.17) is 16.2 Å². The van der Waals surface area contributed by atoms with Gasteiger partial charge in [-0.25, -0.2) is 0 Å². The van der Waals surface area contributed by atoms with Crippen LogP contribution in [0.1, 0.15) is 10.4 Å². The molecule has 0 radical (unpaired) electrons. The van der Waals surface area contributed by atoms with Crippen LogP contribution in [0, 0.1) is 0 Å². The summed E-state index contributed by atoms with van der Waals surface area (Å²) in [6.45, 7) is 0. The molecule has 0 heterocycles. The van der Waals surface area contributed by atoms with E-state index in [0.717, 1.165) is 4.47 Å². The predicted molar refractivity (Wildman–Crippen MR) is 73.6 cm³/mol. The fourth-order valence-electron chi connectivity index (χ4n) is 1.41. The van der Waals surface area contributed by atoms with Gasteiger partial charge >= 0.3 is 0 Å². The molecule has 92 valence electrons. The van der Waals surface area contributed by atoms with Crippen LogP contribution in [-0.2, 0) is 0 Å². The normalized spacial score (nSPS) is 10.1. The van der Waals surface area contributed by atoms with Gasteiger partial charge in [-0.3, -0.25) is 4.79 Å². The lowest BCUT2D eigenvalue weighted by Crippen LogP contribution is -2.11. The lowest BCUT2D eigenvalue weighted by molar-refractivity contribution is 0.1000. The van der Waals surface area contributed by atoms with Crippen molar-refractivity contribution in [2.24, 2.45) is 5.73 Å². The molecule has 0 unspecified atom stereocenters. The molecule has 0 fully saturated rings. The summed E-state index contributed by atoms with van der Waals surface area (Å²) in [6, 6.07) is 12.0. The Labute approximate surface area is 113 Å². The number of rotatable bonds is 3. The molecule has 0 atom stereocenters. The highest BCUT2D eigenvalue weighted by molar-refractivity contribution is 9.10. The maximum Gasteiger partial charge on any atom is 0.248 e. The van der Waals surface area contributed by atoms with Crippen molar-refractivity contribution in [3.63, 3.8) is 0 Å². The zero-order chi connectivity index (χ0) is 13.1. The van der Waals surface area contributed by atoms with Crippen LogP contribution in [0.5, 0.6) is 11.5 Å². The predicted octanol–water partition coefficient (Wildman–Crippen LogP) is 2.92. The summed E-state index contributed by atoms with van der Waals surface area (Å²) in [5, 5.41) is 0. The van der Waals surface area contributed by atoms with Gasteiger partial charge in [0, 0.05) is 10.0 Å². The Morgan fingerprint density at radius 3 is 2.39 bits per heavy atom. The first-order chi connectivity index (χ1) is 8.56. The number of amides is 1. The number of anilines is 1. The number of nitrogens with two attached hydrogens (primary N) is 2. The molecule has 2 aromatic rings. The molecule has 0 aliphatic carbocycles. The van der Waals surface area contributed by atoms with Crippen LogP contribution < -0.4 is 16.2 Å². The Bertz CT molecular complexity index is 582. The molecular formula is C13H11BrN2O2. The number of nitrogen functional groups attached to an aromatic ring is 1. The van der Waals surface area contributed by atoms with Crippen molar-refractivity contribution >= 4 is 27.5 Å². The van der Waals surface area contributed by atoms with E-state index >= 15 is 0 Å². The van der Waals surface area contributed by atoms with Gasteiger partial charge in [0.25, 0.3) is 0 Å². The fourth-order valence-corrected chi connectivity index (χ4v) is 1.67. The van der Waals surface area contributed by atoms with E-state index in [0.29, 0.717) is 22.7 Å². The van der Waals surface area contributed by atoms with Crippen molar-refractivity contribution in [2.45, 2.75) is 0 Å². The lowest BCUT2D eigenvalue weighted by atomic mass is 10.2. The third-order valence-corrected chi connectivity index (χ3v) is 2.87. The molecule has 4 nitrogen and oxygen atoms in total. The largest absolute Gasteiger partial charge is 0.455 e. The number of hydrogen-bond donors (Lipinski definition) is 2. The van der Waals surface area contributed by atoms with Crippen molar-refractivity contribution in [3.8, 4) is 11.5 Å². The van der Waals surface area contributed by atoms with E-state index in [1.807, 2.05) is 12.1 Å². The van der Waals surface area contributed by atoms with Crippen LogP contribution in [0.15, 0.2) is 46.9 Å². The first-order valence-corrected chi connectivity index (χ1v) is 5.98. The highest BCUT2D eigenvalue weighted by atomic mass is 79.9. The van der Waals surface area contributed by atoms with E-state index in [1.54, 1.807) is 24.3 Å². The Hall–Kier alpha value is -2.01. The van der Waals surface area contributed by atoms with Gasteiger partial charge in [0.05, 0.1) is 5.69 Å². The van der Waals surface area contributed by atoms with Crippen molar-refractivity contribution < 1.29 is 9.53 Å². The lowest BCUT2D eigenvalue weighted by Gasteiger charge is -2.09. The van der Waals surface area contributed by atoms with Crippen LogP contribution in [0.3, 0.4) is 0 Å². The minimum Gasteiger partial charge on any atom is -0.455 e. The van der Waals surface area contributed by atoms with Crippen LogP contribution in [0.4, 0.5) is 5.69 Å². The number of carbonyl (C=O) groups excluding carboxylic acids is 1. The second-order valence-electron chi connectivity index (χ2n) is 3.67. The number of ether oxygens (including phenoxy) is 1. The van der Waals surface area contributed by atoms with E-state index in [2.05, 4.69) is 15.9 Å². The Kier molecular flexibility index (Phi) is 3.53. The molecule has 2 rings (SSSR count). The number of halogens is 1. The molecule has 18 heavy (non-hydrogen) atoms. The topological polar surface area (TPSA) is 78.3 Å². The van der Waals surface area contributed by atoms with Crippen molar-refractivity contribution in [1.29, 1.82) is 0 Å². The van der Waals surface area contributed by atoms with Crippen LogP contribution in [0.2, 0.25) is 0 Å². The standard InChI is InChI=1S/C13H11BrN2O2/c14-9-2-4-10(5-3-9)18-12-7-8(13(16)17)1-6-11(12)15/h1-7H,15H2,(H2,16,17). The van der Waals surface area contributed by atoms with E-state index in [1.165, 1.54) is 6.07 Å². The SMILES string of the molecule is NC(=O)c1ccc(N)c(Oc2ccc(Br)cc2)c1. The molecule has 0 saturated heterocycles. The molecule has 0 spiro atoms. The molecule has 1 amide bonds. The fraction of sp³-hybridized carbons (Fsp3) is 0. The summed E-state index contributed by atoms with van der Waals surface area (Å²) < 4.78 is 6.55. The second-order valence-corrected chi connectivity index (χ2v) is 4.59. The van der Waals surface area contributed by atoms with E-state index in [9.17, 15) is 4.79 Å². The number of hydrogen-bond acceptors (Lipinski definition) is 3. The summed E-state index contributed by atoms with van der Waals surface area (Å²) in [4.78, 5) is 11.1. The maximum absolute atomic E-state index is 11.1. The zero-order valence-electron chi connectivity index (χ0n) is 9.39. The van der Waals surface area contributed by atoms with Crippen molar-refractivity contribution in [2.75, 3.05) is 5.73 Å². The molecule has 4 N–H and O–H groups in total. The number of benzene rings is 2.